The summed E-state index contributed by atoms with van der Waals surface area (Å²) in [6.45, 7) is 1.23. The van der Waals surface area contributed by atoms with Gasteiger partial charge in [-0.2, -0.15) is 0 Å². The number of hydrogen-bond acceptors (Lipinski definition) is 12. The molecule has 4 aliphatic heterocycles. The first-order valence-corrected chi connectivity index (χ1v) is 10.9. The van der Waals surface area contributed by atoms with E-state index < -0.39 is 24.4 Å². The Morgan fingerprint density at radius 3 is 0.632 bits per heavy atom. The molecule has 4 aliphatic rings. The van der Waals surface area contributed by atoms with Crippen LogP contribution >= 0.6 is 0 Å². The molecular weight excluding hydrogens is 619 g/mol. The largest absolute Gasteiger partial charge is 2.00 e. The zero-order valence-corrected chi connectivity index (χ0v) is 26.5. The molecule has 0 saturated carbocycles. The van der Waals surface area contributed by atoms with Gasteiger partial charge in [0.25, 0.3) is 0 Å². The fourth-order valence-electron chi connectivity index (χ4n) is 3.36. The van der Waals surface area contributed by atoms with Crippen LogP contribution < -0.4 is 20.4 Å². The number of carbonyl (C=O) groups excluding carboxylic acids is 8. The van der Waals surface area contributed by atoms with Crippen LogP contribution in [0, 0.1) is 0 Å². The molecule has 0 atom stereocenters. The Balaban J connectivity index is 0. The third kappa shape index (κ3) is 12.0. The van der Waals surface area contributed by atoms with Crippen molar-refractivity contribution in [2.24, 2.45) is 0 Å². The third-order valence-corrected chi connectivity index (χ3v) is 5.18. The SMILES string of the molecule is O=C([O-])N1CCCC1=O.O=C([O-])N1CCCC1=O.O=C([O-])N1CCCC1=O.O=C([O-])N1CCCC1=O.[Zn+2].[Zn+2]. The molecular formula is C20H24N4O12Zn2. The van der Waals surface area contributed by atoms with E-state index in [0.717, 1.165) is 19.6 Å². The van der Waals surface area contributed by atoms with Gasteiger partial charge in [0, 0.05) is 51.9 Å². The van der Waals surface area contributed by atoms with E-state index in [0.29, 0.717) is 77.5 Å². The molecule has 8 amide bonds. The van der Waals surface area contributed by atoms with Gasteiger partial charge in [0.1, 0.15) is 24.4 Å². The summed E-state index contributed by atoms with van der Waals surface area (Å²) in [5.74, 6) is -1.35. The molecule has 4 rings (SSSR count). The van der Waals surface area contributed by atoms with Crippen molar-refractivity contribution in [3.63, 3.8) is 0 Å². The Labute approximate surface area is 242 Å². The molecule has 0 unspecified atom stereocenters. The smallest absolute Gasteiger partial charge is 0.530 e. The minimum Gasteiger partial charge on any atom is -0.530 e. The van der Waals surface area contributed by atoms with Crippen LogP contribution in [0.5, 0.6) is 0 Å². The van der Waals surface area contributed by atoms with Gasteiger partial charge < -0.3 is 39.6 Å². The summed E-state index contributed by atoms with van der Waals surface area (Å²) in [5.41, 5.74) is 0. The molecule has 0 N–H and O–H groups in total. The molecule has 0 aliphatic carbocycles. The first-order chi connectivity index (χ1) is 16.9. The molecule has 0 spiro atoms. The molecule has 18 heteroatoms. The van der Waals surface area contributed by atoms with Gasteiger partial charge in [-0.05, 0) is 25.7 Å². The Hall–Kier alpha value is -2.99. The van der Waals surface area contributed by atoms with Gasteiger partial charge in [0.15, 0.2) is 0 Å². The fraction of sp³-hybridized carbons (Fsp3) is 0.600. The van der Waals surface area contributed by atoms with Gasteiger partial charge in [-0.15, -0.1) is 0 Å². The Kier molecular flexibility index (Phi) is 17.9. The maximum atomic E-state index is 10.5. The quantitative estimate of drug-likeness (QED) is 0.228. The average molecular weight is 643 g/mol. The maximum absolute atomic E-state index is 10.5. The first kappa shape index (κ1) is 37.2. The van der Waals surface area contributed by atoms with Crippen LogP contribution in [0.25, 0.3) is 0 Å². The van der Waals surface area contributed by atoms with Crippen LogP contribution in [0.4, 0.5) is 19.2 Å². The normalized spacial score (nSPS) is 17.7. The van der Waals surface area contributed by atoms with Crippen molar-refractivity contribution in [3.05, 3.63) is 0 Å². The second-order valence-corrected chi connectivity index (χ2v) is 7.66. The number of rotatable bonds is 0. The Morgan fingerprint density at radius 1 is 0.421 bits per heavy atom. The second-order valence-electron chi connectivity index (χ2n) is 7.66. The van der Waals surface area contributed by atoms with Gasteiger partial charge in [0.05, 0.1) is 0 Å². The molecule has 38 heavy (non-hydrogen) atoms. The van der Waals surface area contributed by atoms with Crippen molar-refractivity contribution in [2.75, 3.05) is 26.2 Å². The van der Waals surface area contributed by atoms with Crippen molar-refractivity contribution in [1.29, 1.82) is 0 Å². The summed E-state index contributed by atoms with van der Waals surface area (Å²) < 4.78 is 0. The molecule has 200 valence electrons. The standard InChI is InChI=1S/4C5H7NO3.2Zn/c4*7-4-2-1-3-6(4)5(8)9;;/h4*1-3H2,(H,8,9);;/q;;;;2*+2/p-4. The number of imide groups is 4. The molecule has 16 nitrogen and oxygen atoms in total. The predicted molar refractivity (Wildman–Crippen MR) is 105 cm³/mol. The monoisotopic (exact) mass is 640 g/mol. The average Bonchev–Trinajstić information content (AvgIpc) is 3.57. The fourth-order valence-corrected chi connectivity index (χ4v) is 3.36. The van der Waals surface area contributed by atoms with Crippen LogP contribution in [0.3, 0.4) is 0 Å². The number of carbonyl (C=O) groups is 8. The molecule has 0 bridgehead atoms. The van der Waals surface area contributed by atoms with Crippen molar-refractivity contribution in [1.82, 2.24) is 19.6 Å². The van der Waals surface area contributed by atoms with Gasteiger partial charge >= 0.3 is 39.0 Å². The van der Waals surface area contributed by atoms with Crippen molar-refractivity contribution in [2.45, 2.75) is 51.4 Å². The van der Waals surface area contributed by atoms with E-state index >= 15 is 0 Å². The minimum absolute atomic E-state index is 0. The number of hydrogen-bond donors (Lipinski definition) is 0. The summed E-state index contributed by atoms with van der Waals surface area (Å²) in [7, 11) is 0. The van der Waals surface area contributed by atoms with Crippen molar-refractivity contribution in [3.8, 4) is 0 Å². The first-order valence-electron chi connectivity index (χ1n) is 10.9. The summed E-state index contributed by atoms with van der Waals surface area (Å²) in [6.07, 6.45) is -1.62. The topological polar surface area (TPSA) is 242 Å². The molecule has 4 fully saturated rings. The van der Waals surface area contributed by atoms with Gasteiger partial charge in [0.2, 0.25) is 23.6 Å². The number of likely N-dealkylation sites (tertiary alicyclic amines) is 4. The van der Waals surface area contributed by atoms with Gasteiger partial charge in [-0.1, -0.05) is 0 Å². The van der Waals surface area contributed by atoms with Crippen LogP contribution in [-0.2, 0) is 58.1 Å². The van der Waals surface area contributed by atoms with Crippen LogP contribution in [0.1, 0.15) is 51.4 Å². The van der Waals surface area contributed by atoms with E-state index in [1.807, 2.05) is 0 Å². The summed E-state index contributed by atoms with van der Waals surface area (Å²) in [5, 5.41) is 40.0. The van der Waals surface area contributed by atoms with E-state index in [9.17, 15) is 58.8 Å². The van der Waals surface area contributed by atoms with Gasteiger partial charge in [-0.25, -0.2) is 0 Å². The van der Waals surface area contributed by atoms with Crippen LogP contribution in [-0.4, -0.2) is 93.8 Å². The molecule has 0 aromatic carbocycles. The van der Waals surface area contributed by atoms with Crippen LogP contribution in [0.15, 0.2) is 0 Å². The predicted octanol–water partition coefficient (Wildman–Crippen LogP) is -4.20. The van der Waals surface area contributed by atoms with Crippen molar-refractivity contribution < 1.29 is 97.7 Å². The van der Waals surface area contributed by atoms with Crippen molar-refractivity contribution >= 4 is 48.0 Å². The minimum atomic E-state index is -1.38. The zero-order valence-electron chi connectivity index (χ0n) is 20.6. The molecule has 0 aromatic heterocycles. The van der Waals surface area contributed by atoms with Gasteiger partial charge in [-0.3, -0.25) is 38.8 Å². The van der Waals surface area contributed by atoms with E-state index in [2.05, 4.69) is 0 Å². The summed E-state index contributed by atoms with van der Waals surface area (Å²) in [6, 6.07) is 0. The molecule has 4 heterocycles. The summed E-state index contributed by atoms with van der Waals surface area (Å²) >= 11 is 0. The van der Waals surface area contributed by atoms with E-state index in [4.69, 9.17) is 0 Å². The Morgan fingerprint density at radius 2 is 0.579 bits per heavy atom. The maximum Gasteiger partial charge on any atom is 2.00 e. The zero-order chi connectivity index (χ0) is 27.4. The number of amides is 8. The van der Waals surface area contributed by atoms with Crippen LogP contribution in [0.2, 0.25) is 0 Å². The second kappa shape index (κ2) is 18.3. The number of carboxylic acid groups (broad SMARTS) is 4. The molecule has 0 radical (unpaired) electrons. The number of nitrogens with zero attached hydrogens (tertiary/aromatic N) is 4. The van der Waals surface area contributed by atoms with E-state index in [-0.39, 0.29) is 62.6 Å². The summed E-state index contributed by atoms with van der Waals surface area (Å²) in [4.78, 5) is 85.1. The Bertz CT molecular complexity index is 772. The molecule has 4 saturated heterocycles. The third-order valence-electron chi connectivity index (χ3n) is 5.18. The molecule has 0 aromatic rings. The van der Waals surface area contributed by atoms with E-state index in [1.165, 1.54) is 0 Å². The van der Waals surface area contributed by atoms with E-state index in [1.54, 1.807) is 0 Å².